The Morgan fingerprint density at radius 3 is 2.61 bits per heavy atom. The summed E-state index contributed by atoms with van der Waals surface area (Å²) < 4.78 is 1.79. The molecule has 2 amide bonds. The van der Waals surface area contributed by atoms with E-state index in [2.05, 4.69) is 47.7 Å². The molecule has 2 N–H and O–H groups in total. The number of anilines is 1. The molecule has 41 heavy (non-hydrogen) atoms. The largest absolute Gasteiger partial charge is 0.342 e. The predicted molar refractivity (Wildman–Crippen MR) is 166 cm³/mol. The van der Waals surface area contributed by atoms with E-state index in [4.69, 9.17) is 23.2 Å². The molecular weight excluding hydrogens is 599 g/mol. The fourth-order valence-corrected chi connectivity index (χ4v) is 7.25. The van der Waals surface area contributed by atoms with Crippen LogP contribution in [0.4, 0.5) is 5.00 Å². The summed E-state index contributed by atoms with van der Waals surface area (Å²) in [7, 11) is 1.81. The average Bonchev–Trinajstić information content (AvgIpc) is 3.45. The first-order chi connectivity index (χ1) is 19.3. The van der Waals surface area contributed by atoms with Gasteiger partial charge in [-0.15, -0.1) is 21.5 Å². The van der Waals surface area contributed by atoms with Gasteiger partial charge in [0, 0.05) is 17.5 Å². The summed E-state index contributed by atoms with van der Waals surface area (Å²) in [4.78, 5) is 27.1. The SMILES string of the molecule is CC(C)[C@@H](NC(=O)c1ccc(Cl)c(Cl)c1)c1nnc(SCC(=O)Nc2sc3c(c2C#N)CC[C@H](C(C)(C)C)C3)n1C. The van der Waals surface area contributed by atoms with Crippen molar-refractivity contribution in [2.24, 2.45) is 24.3 Å². The number of benzene rings is 1. The molecule has 0 fully saturated rings. The molecule has 2 atom stereocenters. The topological polar surface area (TPSA) is 113 Å². The number of carbonyl (C=O) groups excluding carboxylic acids is 2. The molecular formula is C29H34Cl2N6O2S2. The molecule has 4 rings (SSSR count). The van der Waals surface area contributed by atoms with E-state index in [1.807, 2.05) is 20.9 Å². The van der Waals surface area contributed by atoms with Crippen LogP contribution in [0.25, 0.3) is 0 Å². The predicted octanol–water partition coefficient (Wildman–Crippen LogP) is 7.06. The molecule has 3 aromatic rings. The van der Waals surface area contributed by atoms with Crippen molar-refractivity contribution in [1.29, 1.82) is 5.26 Å². The summed E-state index contributed by atoms with van der Waals surface area (Å²) >= 11 is 14.9. The lowest BCUT2D eigenvalue weighted by atomic mass is 9.72. The molecule has 0 saturated carbocycles. The van der Waals surface area contributed by atoms with Gasteiger partial charge in [-0.05, 0) is 60.3 Å². The van der Waals surface area contributed by atoms with Gasteiger partial charge >= 0.3 is 0 Å². The second-order valence-electron chi connectivity index (χ2n) is 11.7. The van der Waals surface area contributed by atoms with E-state index in [1.165, 1.54) is 34.0 Å². The number of thiophene rings is 1. The van der Waals surface area contributed by atoms with Crippen LogP contribution in [-0.2, 0) is 24.7 Å². The lowest BCUT2D eigenvalue weighted by molar-refractivity contribution is -0.113. The van der Waals surface area contributed by atoms with Gasteiger partial charge < -0.3 is 15.2 Å². The third kappa shape index (κ3) is 7.08. The van der Waals surface area contributed by atoms with Crippen LogP contribution in [0.15, 0.2) is 23.4 Å². The van der Waals surface area contributed by atoms with E-state index in [-0.39, 0.29) is 28.9 Å². The molecule has 218 valence electrons. The zero-order valence-corrected chi connectivity index (χ0v) is 27.1. The maximum Gasteiger partial charge on any atom is 0.251 e. The first kappa shape index (κ1) is 31.4. The monoisotopic (exact) mass is 632 g/mol. The standard InChI is InChI=1S/C29H34Cl2N6O2S2/c1-15(2)24(34-26(39)16-7-10-20(30)21(31)11-16)25-35-36-28(37(25)6)40-14-23(38)33-27-19(13-32)18-9-8-17(29(3,4)5)12-22(18)41-27/h7,10-11,15,17,24H,8-9,12,14H2,1-6H3,(H,33,38)(H,34,39)/t17-,24+/m0/s1. The number of nitrogens with one attached hydrogen (secondary N) is 2. The quantitative estimate of drug-likeness (QED) is 0.257. The Bertz CT molecular complexity index is 1500. The minimum Gasteiger partial charge on any atom is -0.342 e. The van der Waals surface area contributed by atoms with Gasteiger partial charge in [0.15, 0.2) is 11.0 Å². The molecule has 0 bridgehead atoms. The van der Waals surface area contributed by atoms with Gasteiger partial charge in [0.05, 0.1) is 27.4 Å². The van der Waals surface area contributed by atoms with Gasteiger partial charge in [-0.3, -0.25) is 9.59 Å². The van der Waals surface area contributed by atoms with Crippen molar-refractivity contribution >= 4 is 63.1 Å². The Kier molecular flexibility index (Phi) is 9.74. The molecule has 2 aromatic heterocycles. The fourth-order valence-electron chi connectivity index (χ4n) is 4.94. The first-order valence-corrected chi connectivity index (χ1v) is 16.0. The molecule has 1 aliphatic carbocycles. The molecule has 8 nitrogen and oxygen atoms in total. The highest BCUT2D eigenvalue weighted by atomic mass is 35.5. The van der Waals surface area contributed by atoms with E-state index in [0.717, 1.165) is 24.8 Å². The van der Waals surface area contributed by atoms with Crippen LogP contribution in [0, 0.1) is 28.6 Å². The van der Waals surface area contributed by atoms with Crippen molar-refractivity contribution in [3.05, 3.63) is 55.6 Å². The number of hydrogen-bond donors (Lipinski definition) is 2. The number of fused-ring (bicyclic) bond motifs is 1. The highest BCUT2D eigenvalue weighted by Crippen LogP contribution is 2.44. The van der Waals surface area contributed by atoms with Crippen LogP contribution >= 0.6 is 46.3 Å². The summed E-state index contributed by atoms with van der Waals surface area (Å²) in [6.45, 7) is 10.7. The maximum absolute atomic E-state index is 12.9. The number of amides is 2. The molecule has 12 heteroatoms. The van der Waals surface area contributed by atoms with E-state index < -0.39 is 6.04 Å². The van der Waals surface area contributed by atoms with Crippen LogP contribution in [0.5, 0.6) is 0 Å². The smallest absolute Gasteiger partial charge is 0.251 e. The third-order valence-electron chi connectivity index (χ3n) is 7.47. The van der Waals surface area contributed by atoms with Gasteiger partial charge in [-0.25, -0.2) is 0 Å². The number of rotatable bonds is 8. The van der Waals surface area contributed by atoms with E-state index >= 15 is 0 Å². The number of aromatic nitrogens is 3. The maximum atomic E-state index is 12.9. The van der Waals surface area contributed by atoms with Crippen LogP contribution in [0.3, 0.4) is 0 Å². The molecule has 0 aliphatic heterocycles. The van der Waals surface area contributed by atoms with E-state index in [0.29, 0.717) is 43.1 Å². The van der Waals surface area contributed by atoms with Gasteiger partial charge in [0.25, 0.3) is 5.91 Å². The van der Waals surface area contributed by atoms with Crippen LogP contribution in [-0.4, -0.2) is 32.3 Å². The summed E-state index contributed by atoms with van der Waals surface area (Å²) in [6, 6.07) is 6.61. The Labute approximate surface area is 259 Å². The molecule has 0 radical (unpaired) electrons. The number of halogens is 2. The zero-order chi connectivity index (χ0) is 30.1. The second kappa shape index (κ2) is 12.7. The second-order valence-corrected chi connectivity index (χ2v) is 14.5. The van der Waals surface area contributed by atoms with Crippen LogP contribution in [0.2, 0.25) is 10.0 Å². The van der Waals surface area contributed by atoms with E-state index in [1.54, 1.807) is 16.7 Å². The third-order valence-corrected chi connectivity index (χ3v) is 10.4. The Balaban J connectivity index is 1.42. The molecule has 0 saturated heterocycles. The molecule has 0 spiro atoms. The molecule has 1 aliphatic rings. The van der Waals surface area contributed by atoms with Crippen LogP contribution in [0.1, 0.15) is 79.3 Å². The normalized spacial score (nSPS) is 15.8. The lowest BCUT2D eigenvalue weighted by Crippen LogP contribution is -2.33. The van der Waals surface area contributed by atoms with Gasteiger partial charge in [-0.1, -0.05) is 69.6 Å². The van der Waals surface area contributed by atoms with E-state index in [9.17, 15) is 14.9 Å². The fraction of sp³-hybridized carbons (Fsp3) is 0.483. The van der Waals surface area contributed by atoms with Gasteiger partial charge in [0.1, 0.15) is 11.1 Å². The Morgan fingerprint density at radius 2 is 1.98 bits per heavy atom. The molecule has 2 heterocycles. The highest BCUT2D eigenvalue weighted by molar-refractivity contribution is 7.99. The lowest BCUT2D eigenvalue weighted by Gasteiger charge is -2.33. The Morgan fingerprint density at radius 1 is 1.24 bits per heavy atom. The minimum atomic E-state index is -0.426. The van der Waals surface area contributed by atoms with Crippen molar-refractivity contribution < 1.29 is 9.59 Å². The summed E-state index contributed by atoms with van der Waals surface area (Å²) in [5.74, 6) is 0.717. The highest BCUT2D eigenvalue weighted by Gasteiger charge is 2.32. The Hall–Kier alpha value is -2.58. The number of thioether (sulfide) groups is 1. The van der Waals surface area contributed by atoms with Crippen molar-refractivity contribution in [2.45, 2.75) is 65.1 Å². The minimum absolute atomic E-state index is 0.0120. The number of nitriles is 1. The summed E-state index contributed by atoms with van der Waals surface area (Å²) in [6.07, 6.45) is 2.84. The summed E-state index contributed by atoms with van der Waals surface area (Å²) in [5, 5.41) is 26.3. The zero-order valence-electron chi connectivity index (χ0n) is 24.0. The van der Waals surface area contributed by atoms with Gasteiger partial charge in [-0.2, -0.15) is 5.26 Å². The number of nitrogens with zero attached hydrogens (tertiary/aromatic N) is 4. The van der Waals surface area contributed by atoms with Crippen molar-refractivity contribution in [2.75, 3.05) is 11.1 Å². The molecule has 0 unspecified atom stereocenters. The van der Waals surface area contributed by atoms with Gasteiger partial charge in [0.2, 0.25) is 5.91 Å². The van der Waals surface area contributed by atoms with Crippen molar-refractivity contribution in [3.63, 3.8) is 0 Å². The average molecular weight is 634 g/mol. The number of carbonyl (C=O) groups is 2. The van der Waals surface area contributed by atoms with Crippen LogP contribution < -0.4 is 10.6 Å². The summed E-state index contributed by atoms with van der Waals surface area (Å²) in [5.41, 5.74) is 2.26. The van der Waals surface area contributed by atoms with Crippen molar-refractivity contribution in [1.82, 2.24) is 20.1 Å². The van der Waals surface area contributed by atoms with Crippen molar-refractivity contribution in [3.8, 4) is 6.07 Å². The molecule has 1 aromatic carbocycles. The number of hydrogen-bond acceptors (Lipinski definition) is 7. The first-order valence-electron chi connectivity index (χ1n) is 13.4.